The van der Waals surface area contributed by atoms with Crippen molar-refractivity contribution in [1.29, 1.82) is 0 Å². The number of benzene rings is 1. The second-order valence-electron chi connectivity index (χ2n) is 9.32. The van der Waals surface area contributed by atoms with E-state index in [1.165, 1.54) is 38.8 Å². The third-order valence-electron chi connectivity index (χ3n) is 7.21. The summed E-state index contributed by atoms with van der Waals surface area (Å²) in [6, 6.07) is 10.00. The van der Waals surface area contributed by atoms with Crippen molar-refractivity contribution in [1.82, 2.24) is 4.90 Å². The van der Waals surface area contributed by atoms with Crippen molar-refractivity contribution in [3.8, 4) is 0 Å². The Bertz CT molecular complexity index is 567. The highest BCUT2D eigenvalue weighted by atomic mass is 15.2. The van der Waals surface area contributed by atoms with Gasteiger partial charge in [0.2, 0.25) is 0 Å². The van der Waals surface area contributed by atoms with Gasteiger partial charge in [0.15, 0.2) is 0 Å². The first-order valence-electron chi connectivity index (χ1n) is 9.21. The van der Waals surface area contributed by atoms with Gasteiger partial charge in [0.1, 0.15) is 0 Å². The van der Waals surface area contributed by atoms with Crippen LogP contribution in [0.2, 0.25) is 0 Å². The topological polar surface area (TPSA) is 3.24 Å². The zero-order chi connectivity index (χ0) is 15.5. The molecule has 0 amide bonds. The van der Waals surface area contributed by atoms with Crippen molar-refractivity contribution in [2.45, 2.75) is 64.8 Å². The number of piperidine rings is 1. The van der Waals surface area contributed by atoms with Crippen LogP contribution in [0.1, 0.15) is 58.1 Å². The quantitative estimate of drug-likeness (QED) is 0.768. The molecule has 1 heterocycles. The van der Waals surface area contributed by atoms with E-state index in [2.05, 4.69) is 56.9 Å². The van der Waals surface area contributed by atoms with Gasteiger partial charge in [-0.2, -0.15) is 0 Å². The number of likely N-dealkylation sites (tertiary alicyclic amines) is 1. The minimum Gasteiger partial charge on any atom is -0.299 e. The van der Waals surface area contributed by atoms with E-state index in [0.29, 0.717) is 10.8 Å². The Kier molecular flexibility index (Phi) is 3.24. The van der Waals surface area contributed by atoms with E-state index in [9.17, 15) is 0 Å². The maximum atomic E-state index is 2.85. The van der Waals surface area contributed by atoms with Crippen LogP contribution >= 0.6 is 0 Å². The summed E-state index contributed by atoms with van der Waals surface area (Å²) in [5, 5.41) is 0. The molecule has 1 heteroatoms. The number of hydrogen-bond acceptors (Lipinski definition) is 1. The summed E-state index contributed by atoms with van der Waals surface area (Å²) in [5.41, 5.74) is 4.27. The van der Waals surface area contributed by atoms with Crippen LogP contribution in [0.25, 0.3) is 0 Å². The van der Waals surface area contributed by atoms with Crippen LogP contribution in [-0.2, 0) is 11.8 Å². The van der Waals surface area contributed by atoms with E-state index >= 15 is 0 Å². The third-order valence-corrected chi connectivity index (χ3v) is 7.21. The predicted molar refractivity (Wildman–Crippen MR) is 93.1 cm³/mol. The van der Waals surface area contributed by atoms with Crippen molar-refractivity contribution < 1.29 is 0 Å². The first kappa shape index (κ1) is 14.8. The fourth-order valence-electron chi connectivity index (χ4n) is 5.87. The first-order valence-corrected chi connectivity index (χ1v) is 9.21. The van der Waals surface area contributed by atoms with Crippen molar-refractivity contribution in [3.63, 3.8) is 0 Å². The summed E-state index contributed by atoms with van der Waals surface area (Å²) in [6.45, 7) is 12.5. The van der Waals surface area contributed by atoms with Gasteiger partial charge < -0.3 is 0 Å². The molecule has 0 radical (unpaired) electrons. The molecule has 4 rings (SSSR count). The molecule has 1 aromatic carbocycles. The highest BCUT2D eigenvalue weighted by Gasteiger charge is 2.49. The summed E-state index contributed by atoms with van der Waals surface area (Å²) in [5.74, 6) is 1.73. The van der Waals surface area contributed by atoms with Gasteiger partial charge in [-0.05, 0) is 66.0 Å². The van der Waals surface area contributed by atoms with Crippen LogP contribution < -0.4 is 0 Å². The third kappa shape index (κ3) is 2.16. The zero-order valence-electron chi connectivity index (χ0n) is 14.7. The van der Waals surface area contributed by atoms with Crippen LogP contribution in [0, 0.1) is 17.3 Å². The smallest absolute Gasteiger partial charge is 0.0170 e. The highest BCUT2D eigenvalue weighted by molar-refractivity contribution is 5.39. The molecule has 0 N–H and O–H groups in total. The molecule has 22 heavy (non-hydrogen) atoms. The Hall–Kier alpha value is -0.820. The SMILES string of the molecule is CC1C2Cc3ccccc3C1(C)CCN2CC1CC(C)(C)C1. The molecule has 1 aliphatic heterocycles. The molecule has 2 fully saturated rings. The predicted octanol–water partition coefficient (Wildman–Crippen LogP) is 4.65. The van der Waals surface area contributed by atoms with Crippen LogP contribution in [0.3, 0.4) is 0 Å². The summed E-state index contributed by atoms with van der Waals surface area (Å²) >= 11 is 0. The van der Waals surface area contributed by atoms with Crippen molar-refractivity contribution in [3.05, 3.63) is 35.4 Å². The van der Waals surface area contributed by atoms with Crippen LogP contribution in [0.4, 0.5) is 0 Å². The molecule has 3 atom stereocenters. The fourth-order valence-corrected chi connectivity index (χ4v) is 5.87. The molecule has 1 saturated carbocycles. The van der Waals surface area contributed by atoms with Crippen LogP contribution in [0.15, 0.2) is 24.3 Å². The van der Waals surface area contributed by atoms with E-state index < -0.39 is 0 Å². The lowest BCUT2D eigenvalue weighted by atomic mass is 9.58. The number of nitrogens with zero attached hydrogens (tertiary/aromatic N) is 1. The van der Waals surface area contributed by atoms with Crippen LogP contribution in [-0.4, -0.2) is 24.0 Å². The molecule has 1 saturated heterocycles. The van der Waals surface area contributed by atoms with Crippen LogP contribution in [0.5, 0.6) is 0 Å². The maximum Gasteiger partial charge on any atom is 0.0170 e. The summed E-state index contributed by atoms with van der Waals surface area (Å²) in [7, 11) is 0. The van der Waals surface area contributed by atoms with E-state index in [4.69, 9.17) is 0 Å². The molecule has 0 aromatic heterocycles. The average molecular weight is 297 g/mol. The van der Waals surface area contributed by atoms with Crippen molar-refractivity contribution in [2.75, 3.05) is 13.1 Å². The van der Waals surface area contributed by atoms with Gasteiger partial charge in [-0.15, -0.1) is 0 Å². The molecular formula is C21H31N. The fraction of sp³-hybridized carbons (Fsp3) is 0.714. The van der Waals surface area contributed by atoms with Gasteiger partial charge in [-0.25, -0.2) is 0 Å². The minimum atomic E-state index is 0.398. The summed E-state index contributed by atoms with van der Waals surface area (Å²) in [6.07, 6.45) is 5.46. The van der Waals surface area contributed by atoms with Gasteiger partial charge in [0, 0.05) is 12.6 Å². The standard InChI is InChI=1S/C21H31N/c1-15-19-11-17-7-5-6-8-18(17)21(15,4)9-10-22(19)14-16-12-20(2,3)13-16/h5-8,15-16,19H,9-14H2,1-4H3. The zero-order valence-corrected chi connectivity index (χ0v) is 14.7. The van der Waals surface area contributed by atoms with Gasteiger partial charge in [0.25, 0.3) is 0 Å². The Balaban J connectivity index is 1.56. The monoisotopic (exact) mass is 297 g/mol. The molecule has 1 nitrogen and oxygen atoms in total. The molecule has 120 valence electrons. The molecule has 2 bridgehead atoms. The van der Waals surface area contributed by atoms with Crippen molar-refractivity contribution in [2.24, 2.45) is 17.3 Å². The summed E-state index contributed by atoms with van der Waals surface area (Å²) < 4.78 is 0. The van der Waals surface area contributed by atoms with E-state index in [1.807, 2.05) is 0 Å². The lowest BCUT2D eigenvalue weighted by molar-refractivity contribution is -0.0121. The van der Waals surface area contributed by atoms with E-state index in [-0.39, 0.29) is 0 Å². The van der Waals surface area contributed by atoms with E-state index in [1.54, 1.807) is 11.1 Å². The number of rotatable bonds is 2. The van der Waals surface area contributed by atoms with E-state index in [0.717, 1.165) is 17.9 Å². The highest BCUT2D eigenvalue weighted by Crippen LogP contribution is 2.50. The van der Waals surface area contributed by atoms with Gasteiger partial charge >= 0.3 is 0 Å². The second-order valence-corrected chi connectivity index (χ2v) is 9.32. The Labute approximate surface area is 136 Å². The Morgan fingerprint density at radius 3 is 2.59 bits per heavy atom. The summed E-state index contributed by atoms with van der Waals surface area (Å²) in [4.78, 5) is 2.85. The average Bonchev–Trinajstić information content (AvgIpc) is 2.44. The molecule has 0 spiro atoms. The molecule has 2 aliphatic carbocycles. The van der Waals surface area contributed by atoms with Gasteiger partial charge in [0.05, 0.1) is 0 Å². The Morgan fingerprint density at radius 1 is 1.14 bits per heavy atom. The Morgan fingerprint density at radius 2 is 1.86 bits per heavy atom. The van der Waals surface area contributed by atoms with Gasteiger partial charge in [-0.3, -0.25) is 4.90 Å². The minimum absolute atomic E-state index is 0.398. The first-order chi connectivity index (χ1) is 10.4. The number of hydrogen-bond donors (Lipinski definition) is 0. The lowest BCUT2D eigenvalue weighted by Crippen LogP contribution is -2.59. The van der Waals surface area contributed by atoms with Gasteiger partial charge in [-0.1, -0.05) is 52.0 Å². The van der Waals surface area contributed by atoms with Crippen molar-refractivity contribution >= 4 is 0 Å². The largest absolute Gasteiger partial charge is 0.299 e. The molecule has 3 unspecified atom stereocenters. The maximum absolute atomic E-state index is 2.85. The normalized spacial score (nSPS) is 37.5. The molecule has 1 aromatic rings. The second kappa shape index (κ2) is 4.84. The lowest BCUT2D eigenvalue weighted by Gasteiger charge is -2.56. The molecular weight excluding hydrogens is 266 g/mol. The molecule has 3 aliphatic rings. The number of fused-ring (bicyclic) bond motifs is 4.